The molecule has 2 heterocycles. The normalized spacial score (nSPS) is 15.4. The number of hydrogen-bond donors (Lipinski definition) is 2. The van der Waals surface area contributed by atoms with E-state index in [0.717, 1.165) is 4.90 Å². The Hall–Kier alpha value is -6.62. The van der Waals surface area contributed by atoms with E-state index >= 15 is 0 Å². The molecule has 1 aromatic heterocycles. The Bertz CT molecular complexity index is 2060. The van der Waals surface area contributed by atoms with Crippen molar-refractivity contribution >= 4 is 35.3 Å². The molecule has 3 atom stereocenters. The molecule has 6 rings (SSSR count). The summed E-state index contributed by atoms with van der Waals surface area (Å²) in [6, 6.07) is 34.5. The van der Waals surface area contributed by atoms with Gasteiger partial charge in [0.05, 0.1) is 18.5 Å². The maximum absolute atomic E-state index is 14.1. The molecule has 0 aliphatic carbocycles. The van der Waals surface area contributed by atoms with E-state index in [1.807, 2.05) is 12.1 Å². The van der Waals surface area contributed by atoms with E-state index in [4.69, 9.17) is 14.5 Å². The Labute approximate surface area is 294 Å². The molecule has 5 aromatic rings. The van der Waals surface area contributed by atoms with E-state index < -0.39 is 48.3 Å². The number of rotatable bonds is 12. The third kappa shape index (κ3) is 7.83. The number of methoxy groups -OCH3 is 1. The monoisotopic (exact) mass is 682 g/mol. The molecular formula is C40H34N4O7. The molecule has 3 amide bonds. The van der Waals surface area contributed by atoms with Crippen LogP contribution in [0.4, 0.5) is 10.5 Å². The first-order chi connectivity index (χ1) is 24.8. The number of ether oxygens (including phenoxy) is 2. The predicted octanol–water partition coefficient (Wildman–Crippen LogP) is 6.53. The summed E-state index contributed by atoms with van der Waals surface area (Å²) in [6.07, 6.45) is 0.307. The number of aliphatic carboxylic acids is 1. The molecular weight excluding hydrogens is 648 g/mol. The van der Waals surface area contributed by atoms with Crippen molar-refractivity contribution in [3.8, 4) is 5.75 Å². The highest BCUT2D eigenvalue weighted by Gasteiger charge is 2.42. The third-order valence-electron chi connectivity index (χ3n) is 8.52. The number of carboxylic acids is 1. The van der Waals surface area contributed by atoms with E-state index in [1.54, 1.807) is 115 Å². The van der Waals surface area contributed by atoms with Crippen molar-refractivity contribution in [2.24, 2.45) is 4.99 Å². The third-order valence-corrected chi connectivity index (χ3v) is 8.52. The van der Waals surface area contributed by atoms with Crippen molar-refractivity contribution in [2.45, 2.75) is 24.4 Å². The number of pyridine rings is 1. The summed E-state index contributed by atoms with van der Waals surface area (Å²) in [5.74, 6) is -3.00. The summed E-state index contributed by atoms with van der Waals surface area (Å²) in [5, 5.41) is 13.8. The van der Waals surface area contributed by atoms with Crippen LogP contribution in [-0.4, -0.2) is 64.3 Å². The Morgan fingerprint density at radius 2 is 1.63 bits per heavy atom. The van der Waals surface area contributed by atoms with E-state index in [0.29, 0.717) is 33.7 Å². The van der Waals surface area contributed by atoms with Gasteiger partial charge in [-0.05, 0) is 41.5 Å². The average Bonchev–Trinajstić information content (AvgIpc) is 3.57. The molecule has 51 heavy (non-hydrogen) atoms. The molecule has 0 spiro atoms. The number of imide groups is 1. The molecule has 1 aliphatic rings. The van der Waals surface area contributed by atoms with Gasteiger partial charge in [-0.15, -0.1) is 0 Å². The first kappa shape index (κ1) is 34.3. The van der Waals surface area contributed by atoms with Crippen molar-refractivity contribution in [1.82, 2.24) is 9.88 Å². The maximum Gasteiger partial charge on any atom is 0.417 e. The number of aromatic nitrogens is 1. The zero-order valence-electron chi connectivity index (χ0n) is 27.6. The largest absolute Gasteiger partial charge is 0.497 e. The Kier molecular flexibility index (Phi) is 10.6. The van der Waals surface area contributed by atoms with Gasteiger partial charge in [-0.3, -0.25) is 19.6 Å². The fraction of sp³-hybridized carbons (Fsp3) is 0.150. The van der Waals surface area contributed by atoms with E-state index in [1.165, 1.54) is 13.3 Å². The molecule has 2 N–H and O–H groups in total. The average molecular weight is 683 g/mol. The predicted molar refractivity (Wildman–Crippen MR) is 190 cm³/mol. The number of carboxylic acid groups (broad SMARTS) is 1. The number of benzene rings is 4. The van der Waals surface area contributed by atoms with E-state index in [-0.39, 0.29) is 18.0 Å². The van der Waals surface area contributed by atoms with Crippen LogP contribution in [0.25, 0.3) is 0 Å². The van der Waals surface area contributed by atoms with Crippen LogP contribution in [0.2, 0.25) is 0 Å². The maximum atomic E-state index is 14.1. The molecule has 0 radical (unpaired) electrons. The number of amides is 3. The fourth-order valence-corrected chi connectivity index (χ4v) is 6.02. The van der Waals surface area contributed by atoms with Crippen LogP contribution in [0.15, 0.2) is 139 Å². The molecule has 256 valence electrons. The molecule has 11 nitrogen and oxygen atoms in total. The first-order valence-corrected chi connectivity index (χ1v) is 16.2. The number of nitrogens with one attached hydrogen (secondary N) is 1. The second-order valence-corrected chi connectivity index (χ2v) is 11.7. The van der Waals surface area contributed by atoms with Crippen LogP contribution in [0.5, 0.6) is 5.75 Å². The van der Waals surface area contributed by atoms with Crippen molar-refractivity contribution in [3.05, 3.63) is 162 Å². The minimum atomic E-state index is -1.54. The van der Waals surface area contributed by atoms with Crippen LogP contribution >= 0.6 is 0 Å². The lowest BCUT2D eigenvalue weighted by molar-refractivity contribution is -0.139. The van der Waals surface area contributed by atoms with E-state index in [2.05, 4.69) is 10.3 Å². The zero-order chi connectivity index (χ0) is 35.7. The van der Waals surface area contributed by atoms with Gasteiger partial charge in [-0.2, -0.15) is 0 Å². The van der Waals surface area contributed by atoms with Crippen molar-refractivity contribution in [3.63, 3.8) is 0 Å². The Morgan fingerprint density at radius 1 is 0.922 bits per heavy atom. The highest BCUT2D eigenvalue weighted by atomic mass is 16.6. The highest BCUT2D eigenvalue weighted by molar-refractivity contribution is 6.18. The molecule has 0 bridgehead atoms. The molecule has 1 fully saturated rings. The van der Waals surface area contributed by atoms with Gasteiger partial charge in [-0.25, -0.2) is 14.5 Å². The lowest BCUT2D eigenvalue weighted by Crippen LogP contribution is -2.38. The topological polar surface area (TPSA) is 147 Å². The summed E-state index contributed by atoms with van der Waals surface area (Å²) < 4.78 is 10.8. The SMILES string of the molecule is COc1cccc([C@H](CC(=O)N2C(=O)OC[C@H]2c2ccccc2)[C@@H](N=C(c2ccccc2)c2ccccc2NC(=O)c2ccccn2)C(=O)O)c1. The number of anilines is 1. The van der Waals surface area contributed by atoms with Crippen LogP contribution in [0.3, 0.4) is 0 Å². The molecule has 0 unspecified atom stereocenters. The standard InChI is InChI=1S/C40H34N4O7/c1-50-29-18-12-17-28(23-29)31(24-35(45)44-34(25-51-40(44)49)26-13-4-2-5-14-26)37(39(47)48)43-36(27-15-6-3-7-16-27)30-19-8-9-20-32(30)42-38(46)33-21-10-11-22-41-33/h2-23,31,34,37H,24-25H2,1H3,(H,42,46)(H,47,48)/t31-,34-,37+/m0/s1. The van der Waals surface area contributed by atoms with Crippen LogP contribution in [-0.2, 0) is 14.3 Å². The molecule has 0 saturated carbocycles. The zero-order valence-corrected chi connectivity index (χ0v) is 27.6. The van der Waals surface area contributed by atoms with Gasteiger partial charge in [0.1, 0.15) is 24.1 Å². The quantitative estimate of drug-likeness (QED) is 0.141. The molecule has 4 aromatic carbocycles. The molecule has 1 saturated heterocycles. The minimum absolute atomic E-state index is 0.0297. The number of aliphatic imine (C=N–C) groups is 1. The van der Waals surface area contributed by atoms with Crippen LogP contribution in [0, 0.1) is 0 Å². The second kappa shape index (κ2) is 15.7. The lowest BCUT2D eigenvalue weighted by Gasteiger charge is -2.26. The van der Waals surface area contributed by atoms with Crippen molar-refractivity contribution in [2.75, 3.05) is 19.0 Å². The Morgan fingerprint density at radius 3 is 2.33 bits per heavy atom. The van der Waals surface area contributed by atoms with Gasteiger partial charge in [0.15, 0.2) is 6.04 Å². The molecule has 11 heteroatoms. The Balaban J connectivity index is 1.45. The van der Waals surface area contributed by atoms with Crippen LogP contribution in [0.1, 0.15) is 51.1 Å². The van der Waals surface area contributed by atoms with Crippen LogP contribution < -0.4 is 10.1 Å². The summed E-state index contributed by atoms with van der Waals surface area (Å²) in [6.45, 7) is -0.0297. The summed E-state index contributed by atoms with van der Waals surface area (Å²) in [7, 11) is 1.49. The summed E-state index contributed by atoms with van der Waals surface area (Å²) in [5.41, 5.74) is 3.03. The fourth-order valence-electron chi connectivity index (χ4n) is 6.02. The number of hydrogen-bond acceptors (Lipinski definition) is 8. The minimum Gasteiger partial charge on any atom is -0.497 e. The van der Waals surface area contributed by atoms with Gasteiger partial charge in [-0.1, -0.05) is 97.1 Å². The van der Waals surface area contributed by atoms with Gasteiger partial charge >= 0.3 is 12.1 Å². The van der Waals surface area contributed by atoms with Gasteiger partial charge in [0.2, 0.25) is 5.91 Å². The second-order valence-electron chi connectivity index (χ2n) is 11.7. The van der Waals surface area contributed by atoms with Crippen molar-refractivity contribution in [1.29, 1.82) is 0 Å². The summed E-state index contributed by atoms with van der Waals surface area (Å²) >= 11 is 0. The lowest BCUT2D eigenvalue weighted by atomic mass is 9.87. The first-order valence-electron chi connectivity index (χ1n) is 16.2. The number of nitrogens with zero attached hydrogens (tertiary/aromatic N) is 3. The number of para-hydroxylation sites is 1. The highest BCUT2D eigenvalue weighted by Crippen LogP contribution is 2.35. The van der Waals surface area contributed by atoms with Crippen molar-refractivity contribution < 1.29 is 33.8 Å². The van der Waals surface area contributed by atoms with E-state index in [9.17, 15) is 24.3 Å². The van der Waals surface area contributed by atoms with Gasteiger partial charge in [0, 0.05) is 29.7 Å². The summed E-state index contributed by atoms with van der Waals surface area (Å²) in [4.78, 5) is 63.7. The number of carbonyl (C=O) groups is 4. The smallest absolute Gasteiger partial charge is 0.417 e. The molecule has 1 aliphatic heterocycles. The number of cyclic esters (lactones) is 1. The number of carbonyl (C=O) groups excluding carboxylic acids is 3. The van der Waals surface area contributed by atoms with Gasteiger partial charge in [0.25, 0.3) is 5.91 Å². The van der Waals surface area contributed by atoms with Gasteiger partial charge < -0.3 is 19.9 Å².